The molecule has 3 aliphatic rings. The predicted octanol–water partition coefficient (Wildman–Crippen LogP) is 3.80. The number of halogens is 7. The van der Waals surface area contributed by atoms with Crippen LogP contribution in [0.15, 0.2) is 21.4 Å². The molecule has 32 heavy (non-hydrogen) atoms. The van der Waals surface area contributed by atoms with Crippen molar-refractivity contribution in [1.82, 2.24) is 5.32 Å². The number of fused-ring (bicyclic) bond motifs is 1. The molecule has 1 aliphatic carbocycles. The van der Waals surface area contributed by atoms with Gasteiger partial charge in [0.05, 0.1) is 17.9 Å². The fourth-order valence-corrected chi connectivity index (χ4v) is 5.22. The van der Waals surface area contributed by atoms with E-state index in [0.717, 1.165) is 11.0 Å². The highest BCUT2D eigenvalue weighted by molar-refractivity contribution is 7.90. The second-order valence-electron chi connectivity index (χ2n) is 8.12. The fraction of sp³-hybridized carbons (Fsp3) is 0.611. The lowest BCUT2D eigenvalue weighted by molar-refractivity contribution is -0.155. The van der Waals surface area contributed by atoms with E-state index in [9.17, 15) is 39.2 Å². The Morgan fingerprint density at radius 1 is 1.12 bits per heavy atom. The Labute approximate surface area is 178 Å². The Balaban J connectivity index is 1.69. The van der Waals surface area contributed by atoms with Crippen molar-refractivity contribution in [3.63, 3.8) is 0 Å². The van der Waals surface area contributed by atoms with Crippen molar-refractivity contribution in [2.24, 2.45) is 10.3 Å². The van der Waals surface area contributed by atoms with Gasteiger partial charge in [0, 0.05) is 18.5 Å². The second kappa shape index (κ2) is 7.75. The first-order chi connectivity index (χ1) is 14.7. The third kappa shape index (κ3) is 4.80. The van der Waals surface area contributed by atoms with Crippen LogP contribution < -0.4 is 15.5 Å². The topological polar surface area (TPSA) is 73.8 Å². The van der Waals surface area contributed by atoms with Gasteiger partial charge in [-0.3, -0.25) is 0 Å². The average molecular weight is 488 g/mol. The fourth-order valence-electron chi connectivity index (χ4n) is 4.00. The van der Waals surface area contributed by atoms with Crippen molar-refractivity contribution in [1.29, 1.82) is 0 Å². The van der Waals surface area contributed by atoms with E-state index in [-0.39, 0.29) is 36.1 Å². The Hall–Kier alpha value is -2.09. The Kier molecular flexibility index (Phi) is 5.59. The maximum atomic E-state index is 14.3. The van der Waals surface area contributed by atoms with Gasteiger partial charge in [-0.1, -0.05) is 0 Å². The van der Waals surface area contributed by atoms with E-state index >= 15 is 0 Å². The van der Waals surface area contributed by atoms with Gasteiger partial charge >= 0.3 is 12.4 Å². The van der Waals surface area contributed by atoms with Crippen LogP contribution in [0.4, 0.5) is 42.1 Å². The van der Waals surface area contributed by atoms with Crippen molar-refractivity contribution < 1.29 is 39.2 Å². The molecule has 0 bridgehead atoms. The molecule has 0 unspecified atom stereocenters. The van der Waals surface area contributed by atoms with E-state index in [4.69, 9.17) is 0 Å². The van der Waals surface area contributed by atoms with Gasteiger partial charge in [-0.2, -0.15) is 34.8 Å². The molecule has 1 saturated carbocycles. The molecule has 2 N–H and O–H groups in total. The number of sulfonamides is 1. The number of alkyl halides is 6. The maximum Gasteiger partial charge on any atom is 0.408 e. The summed E-state index contributed by atoms with van der Waals surface area (Å²) in [5, 5.41) is 4.86. The molecule has 2 atom stereocenters. The third-order valence-corrected chi connectivity index (χ3v) is 6.96. The Morgan fingerprint density at radius 3 is 2.41 bits per heavy atom. The maximum absolute atomic E-state index is 14.3. The Bertz CT molecular complexity index is 1030. The molecule has 0 aromatic heterocycles. The van der Waals surface area contributed by atoms with Gasteiger partial charge in [-0.25, -0.2) is 4.39 Å². The largest absolute Gasteiger partial charge is 0.408 e. The summed E-state index contributed by atoms with van der Waals surface area (Å²) in [6, 6.07) is -1.81. The predicted molar refractivity (Wildman–Crippen MR) is 102 cm³/mol. The summed E-state index contributed by atoms with van der Waals surface area (Å²) in [5.74, 6) is -1.14. The van der Waals surface area contributed by atoms with Crippen LogP contribution in [0.1, 0.15) is 25.7 Å². The molecule has 2 aliphatic heterocycles. The molecule has 4 rings (SSSR count). The molecule has 14 heteroatoms. The Morgan fingerprint density at radius 2 is 1.81 bits per heavy atom. The van der Waals surface area contributed by atoms with Crippen molar-refractivity contribution in [2.45, 2.75) is 55.0 Å². The van der Waals surface area contributed by atoms with E-state index in [0.29, 0.717) is 18.9 Å². The lowest BCUT2D eigenvalue weighted by Gasteiger charge is -2.43. The second-order valence-corrected chi connectivity index (χ2v) is 9.69. The van der Waals surface area contributed by atoms with Gasteiger partial charge < -0.3 is 15.5 Å². The summed E-state index contributed by atoms with van der Waals surface area (Å²) in [6.07, 6.45) is -8.89. The quantitative estimate of drug-likeness (QED) is 0.631. The summed E-state index contributed by atoms with van der Waals surface area (Å²) >= 11 is 0. The van der Waals surface area contributed by atoms with Crippen molar-refractivity contribution >= 4 is 27.2 Å². The summed E-state index contributed by atoms with van der Waals surface area (Å²) in [7, 11) is -4.33. The molecule has 0 radical (unpaired) electrons. The van der Waals surface area contributed by atoms with Gasteiger partial charge in [-0.15, -0.1) is 4.40 Å². The smallest absolute Gasteiger partial charge is 0.358 e. The zero-order valence-electron chi connectivity index (χ0n) is 16.4. The molecule has 2 fully saturated rings. The number of nitrogens with one attached hydrogen (secondary N) is 2. The average Bonchev–Trinajstić information content (AvgIpc) is 3.50. The minimum Gasteiger partial charge on any atom is -0.358 e. The molecule has 1 saturated heterocycles. The molecule has 6 nitrogen and oxygen atoms in total. The van der Waals surface area contributed by atoms with Crippen LogP contribution >= 0.6 is 0 Å². The van der Waals surface area contributed by atoms with Crippen LogP contribution in [0.3, 0.4) is 0 Å². The molecule has 178 valence electrons. The molecular formula is C18H19F7N4O2S. The van der Waals surface area contributed by atoms with Crippen LogP contribution in [0.25, 0.3) is 0 Å². The third-order valence-electron chi connectivity index (χ3n) is 5.64. The zero-order chi connectivity index (χ0) is 23.5. The van der Waals surface area contributed by atoms with E-state index in [1.54, 1.807) is 0 Å². The number of hydrogen-bond acceptors (Lipinski definition) is 5. The van der Waals surface area contributed by atoms with Crippen LogP contribution in [0.2, 0.25) is 0 Å². The highest BCUT2D eigenvalue weighted by Gasteiger charge is 2.48. The molecule has 0 spiro atoms. The van der Waals surface area contributed by atoms with E-state index < -0.39 is 58.1 Å². The SMILES string of the molecule is O=S1(=O)N=C(C2CC2)Nc2c(N3CC[C@@H](NCC(F)(F)F)C[C@H]3C(F)(F)F)cc(F)cc21. The summed E-state index contributed by atoms with van der Waals surface area (Å²) in [4.78, 5) is 0.238. The molecular weight excluding hydrogens is 469 g/mol. The molecule has 1 aromatic rings. The van der Waals surface area contributed by atoms with Crippen LogP contribution in [-0.2, 0) is 10.0 Å². The molecule has 0 amide bonds. The van der Waals surface area contributed by atoms with Gasteiger partial charge in [0.2, 0.25) is 0 Å². The van der Waals surface area contributed by atoms with Gasteiger partial charge in [-0.05, 0) is 37.8 Å². The van der Waals surface area contributed by atoms with Crippen LogP contribution in [-0.4, -0.2) is 51.8 Å². The molecule has 2 heterocycles. The van der Waals surface area contributed by atoms with Crippen molar-refractivity contribution in [3.05, 3.63) is 17.9 Å². The normalized spacial score (nSPS) is 25.7. The van der Waals surface area contributed by atoms with E-state index in [1.165, 1.54) is 0 Å². The summed E-state index contributed by atoms with van der Waals surface area (Å²) in [6.45, 7) is -1.79. The highest BCUT2D eigenvalue weighted by Crippen LogP contribution is 2.44. The first-order valence-electron chi connectivity index (χ1n) is 9.83. The van der Waals surface area contributed by atoms with Gasteiger partial charge in [0.25, 0.3) is 10.0 Å². The van der Waals surface area contributed by atoms with Crippen molar-refractivity contribution in [3.8, 4) is 0 Å². The first-order valence-corrected chi connectivity index (χ1v) is 11.3. The van der Waals surface area contributed by atoms with Crippen LogP contribution in [0, 0.1) is 11.7 Å². The van der Waals surface area contributed by atoms with Crippen molar-refractivity contribution in [2.75, 3.05) is 23.3 Å². The number of piperidine rings is 1. The number of anilines is 2. The first kappa shape index (κ1) is 23.1. The van der Waals surface area contributed by atoms with E-state index in [2.05, 4.69) is 15.0 Å². The molecule has 1 aromatic carbocycles. The lowest BCUT2D eigenvalue weighted by atomic mass is 9.95. The van der Waals surface area contributed by atoms with Crippen LogP contribution in [0.5, 0.6) is 0 Å². The summed E-state index contributed by atoms with van der Waals surface area (Å²) in [5.41, 5.74) is -0.507. The minimum absolute atomic E-state index is 0.0791. The lowest BCUT2D eigenvalue weighted by Crippen LogP contribution is -2.56. The zero-order valence-corrected chi connectivity index (χ0v) is 17.2. The number of benzene rings is 1. The number of amidine groups is 1. The number of nitrogens with zero attached hydrogens (tertiary/aromatic N) is 2. The summed E-state index contributed by atoms with van der Waals surface area (Å²) < 4.78 is 122. The van der Waals surface area contributed by atoms with Gasteiger partial charge in [0.1, 0.15) is 22.6 Å². The standard InChI is InChI=1S/C18H19F7N4O2S/c19-10-5-12(15-13(6-10)32(30,31)28-16(27-15)9-1-2-9)29-4-3-11(26-8-17(20,21)22)7-14(29)18(23,24)25/h5-6,9,11,14,26H,1-4,7-8H2,(H,27,28)/t11-,14+/m1/s1. The highest BCUT2D eigenvalue weighted by atomic mass is 32.2. The monoisotopic (exact) mass is 488 g/mol. The number of rotatable bonds is 4. The number of hydrogen-bond donors (Lipinski definition) is 2. The minimum atomic E-state index is -4.85. The van der Waals surface area contributed by atoms with E-state index in [1.807, 2.05) is 0 Å². The van der Waals surface area contributed by atoms with Gasteiger partial charge in [0.15, 0.2) is 0 Å².